The summed E-state index contributed by atoms with van der Waals surface area (Å²) in [7, 11) is 0. The number of hydrogen-bond donors (Lipinski definition) is 2. The number of nitrogens with two attached hydrogens (primary N) is 1. The molecule has 2 aliphatic rings. The van der Waals surface area contributed by atoms with E-state index >= 15 is 0 Å². The first-order valence-corrected chi connectivity index (χ1v) is 7.32. The molecule has 0 bridgehead atoms. The van der Waals surface area contributed by atoms with Crippen molar-refractivity contribution >= 4 is 11.4 Å². The molecule has 0 aromatic heterocycles. The van der Waals surface area contributed by atoms with Crippen molar-refractivity contribution in [1.82, 2.24) is 0 Å². The van der Waals surface area contributed by atoms with Crippen LogP contribution in [-0.2, 0) is 12.8 Å². The van der Waals surface area contributed by atoms with E-state index in [0.29, 0.717) is 24.9 Å². The Labute approximate surface area is 123 Å². The number of fused-ring (bicyclic) bond motifs is 2. The zero-order valence-corrected chi connectivity index (χ0v) is 11.8. The zero-order chi connectivity index (χ0) is 14.2. The summed E-state index contributed by atoms with van der Waals surface area (Å²) < 4.78 is 11.2. The van der Waals surface area contributed by atoms with Crippen molar-refractivity contribution in [2.45, 2.75) is 18.9 Å². The Bertz CT molecular complexity index is 659. The second-order valence-corrected chi connectivity index (χ2v) is 5.60. The van der Waals surface area contributed by atoms with Crippen molar-refractivity contribution in [3.63, 3.8) is 0 Å². The smallest absolute Gasteiger partial charge is 0.163 e. The lowest BCUT2D eigenvalue weighted by Gasteiger charge is -2.22. The molecule has 0 fully saturated rings. The van der Waals surface area contributed by atoms with Gasteiger partial charge in [-0.05, 0) is 24.0 Å². The van der Waals surface area contributed by atoms with E-state index in [2.05, 4.69) is 29.6 Å². The molecule has 108 valence electrons. The van der Waals surface area contributed by atoms with Crippen LogP contribution in [0.15, 0.2) is 36.4 Å². The lowest BCUT2D eigenvalue weighted by molar-refractivity contribution is 0.172. The van der Waals surface area contributed by atoms with Crippen molar-refractivity contribution in [2.75, 3.05) is 24.3 Å². The zero-order valence-electron chi connectivity index (χ0n) is 11.8. The fraction of sp³-hybridized carbons (Fsp3) is 0.294. The highest BCUT2D eigenvalue weighted by Gasteiger charge is 2.22. The maximum absolute atomic E-state index is 6.13. The molecule has 0 saturated heterocycles. The largest absolute Gasteiger partial charge is 0.486 e. The molecule has 0 amide bonds. The van der Waals surface area contributed by atoms with Crippen LogP contribution in [0, 0.1) is 0 Å². The van der Waals surface area contributed by atoms with Crippen molar-refractivity contribution in [3.8, 4) is 11.5 Å². The van der Waals surface area contributed by atoms with Gasteiger partial charge in [-0.15, -0.1) is 0 Å². The molecule has 0 saturated carbocycles. The summed E-state index contributed by atoms with van der Waals surface area (Å²) in [5.41, 5.74) is 10.6. The van der Waals surface area contributed by atoms with Gasteiger partial charge < -0.3 is 20.5 Å². The monoisotopic (exact) mass is 282 g/mol. The SMILES string of the molecule is Nc1cc2c(cc1NC1Cc3ccccc3C1)OCCO2. The van der Waals surface area contributed by atoms with Crippen LogP contribution >= 0.6 is 0 Å². The van der Waals surface area contributed by atoms with E-state index in [0.717, 1.165) is 30.0 Å². The summed E-state index contributed by atoms with van der Waals surface area (Å²) in [5.74, 6) is 1.51. The third-order valence-corrected chi connectivity index (χ3v) is 4.12. The van der Waals surface area contributed by atoms with Crippen LogP contribution in [0.25, 0.3) is 0 Å². The Morgan fingerprint density at radius 3 is 2.24 bits per heavy atom. The van der Waals surface area contributed by atoms with E-state index in [1.54, 1.807) is 0 Å². The van der Waals surface area contributed by atoms with Crippen LogP contribution in [0.3, 0.4) is 0 Å². The second-order valence-electron chi connectivity index (χ2n) is 5.60. The lowest BCUT2D eigenvalue weighted by atomic mass is 10.1. The molecule has 21 heavy (non-hydrogen) atoms. The van der Waals surface area contributed by atoms with Crippen LogP contribution in [0.5, 0.6) is 11.5 Å². The van der Waals surface area contributed by atoms with Gasteiger partial charge in [0, 0.05) is 18.2 Å². The predicted octanol–water partition coefficient (Wildman–Crippen LogP) is 2.62. The van der Waals surface area contributed by atoms with Crippen LogP contribution in [0.4, 0.5) is 11.4 Å². The van der Waals surface area contributed by atoms with Crippen molar-refractivity contribution in [1.29, 1.82) is 0 Å². The molecule has 3 N–H and O–H groups in total. The third-order valence-electron chi connectivity index (χ3n) is 4.12. The van der Waals surface area contributed by atoms with Crippen LogP contribution in [-0.4, -0.2) is 19.3 Å². The standard InChI is InChI=1S/C17H18N2O2/c18-14-9-16-17(21-6-5-20-16)10-15(14)19-13-7-11-3-1-2-4-12(11)8-13/h1-4,9-10,13,19H,5-8,18H2. The van der Waals surface area contributed by atoms with Gasteiger partial charge in [-0.1, -0.05) is 24.3 Å². The highest BCUT2D eigenvalue weighted by Crippen LogP contribution is 2.38. The Balaban J connectivity index is 1.56. The number of nitrogens with one attached hydrogen (secondary N) is 1. The van der Waals surface area contributed by atoms with E-state index in [4.69, 9.17) is 15.2 Å². The van der Waals surface area contributed by atoms with E-state index in [1.165, 1.54) is 11.1 Å². The number of hydrogen-bond acceptors (Lipinski definition) is 4. The Kier molecular flexibility index (Phi) is 2.88. The average molecular weight is 282 g/mol. The summed E-state index contributed by atoms with van der Waals surface area (Å²) in [6.07, 6.45) is 2.06. The summed E-state index contributed by atoms with van der Waals surface area (Å²) in [4.78, 5) is 0. The molecule has 0 atom stereocenters. The topological polar surface area (TPSA) is 56.5 Å². The van der Waals surface area contributed by atoms with Gasteiger partial charge in [-0.2, -0.15) is 0 Å². The van der Waals surface area contributed by atoms with Gasteiger partial charge >= 0.3 is 0 Å². The van der Waals surface area contributed by atoms with Gasteiger partial charge in [0.05, 0.1) is 11.4 Å². The van der Waals surface area contributed by atoms with Gasteiger partial charge in [0.25, 0.3) is 0 Å². The Morgan fingerprint density at radius 2 is 1.57 bits per heavy atom. The normalized spacial score (nSPS) is 16.6. The number of nitrogen functional groups attached to an aromatic ring is 1. The molecule has 1 aliphatic heterocycles. The quantitative estimate of drug-likeness (QED) is 0.831. The molecule has 4 heteroatoms. The second kappa shape index (κ2) is 4.88. The molecule has 1 aliphatic carbocycles. The first-order valence-electron chi connectivity index (χ1n) is 7.32. The summed E-state index contributed by atoms with van der Waals surface area (Å²) >= 11 is 0. The van der Waals surface area contributed by atoms with E-state index in [1.807, 2.05) is 12.1 Å². The number of benzene rings is 2. The van der Waals surface area contributed by atoms with E-state index in [-0.39, 0.29) is 0 Å². The van der Waals surface area contributed by atoms with Gasteiger partial charge in [0.1, 0.15) is 13.2 Å². The Hall–Kier alpha value is -2.36. The van der Waals surface area contributed by atoms with Crippen LogP contribution in [0.1, 0.15) is 11.1 Å². The minimum atomic E-state index is 0.382. The van der Waals surface area contributed by atoms with Crippen molar-refractivity contribution in [2.24, 2.45) is 0 Å². The highest BCUT2D eigenvalue weighted by atomic mass is 16.6. The first kappa shape index (κ1) is 12.4. The molecule has 0 spiro atoms. The lowest BCUT2D eigenvalue weighted by Crippen LogP contribution is -2.21. The van der Waals surface area contributed by atoms with Crippen molar-refractivity contribution < 1.29 is 9.47 Å². The fourth-order valence-corrected chi connectivity index (χ4v) is 3.11. The number of rotatable bonds is 2. The number of ether oxygens (including phenoxy) is 2. The Morgan fingerprint density at radius 1 is 0.952 bits per heavy atom. The van der Waals surface area contributed by atoms with Gasteiger partial charge in [0.15, 0.2) is 11.5 Å². The van der Waals surface area contributed by atoms with Gasteiger partial charge in [-0.25, -0.2) is 0 Å². The molecule has 0 unspecified atom stereocenters. The fourth-order valence-electron chi connectivity index (χ4n) is 3.11. The molecule has 1 heterocycles. The molecule has 4 nitrogen and oxygen atoms in total. The van der Waals surface area contributed by atoms with Crippen LogP contribution in [0.2, 0.25) is 0 Å². The average Bonchev–Trinajstić information content (AvgIpc) is 2.90. The molecule has 4 rings (SSSR count). The maximum atomic E-state index is 6.13. The number of anilines is 2. The molecular formula is C17H18N2O2. The molecular weight excluding hydrogens is 264 g/mol. The van der Waals surface area contributed by atoms with Crippen LogP contribution < -0.4 is 20.5 Å². The van der Waals surface area contributed by atoms with E-state index < -0.39 is 0 Å². The van der Waals surface area contributed by atoms with E-state index in [9.17, 15) is 0 Å². The molecule has 2 aromatic carbocycles. The highest BCUT2D eigenvalue weighted by molar-refractivity contribution is 5.72. The predicted molar refractivity (Wildman–Crippen MR) is 83.1 cm³/mol. The maximum Gasteiger partial charge on any atom is 0.163 e. The summed E-state index contributed by atoms with van der Waals surface area (Å²) in [5, 5.41) is 3.55. The first-order chi connectivity index (χ1) is 10.3. The van der Waals surface area contributed by atoms with Gasteiger partial charge in [0.2, 0.25) is 0 Å². The van der Waals surface area contributed by atoms with Gasteiger partial charge in [-0.3, -0.25) is 0 Å². The summed E-state index contributed by atoms with van der Waals surface area (Å²) in [6, 6.07) is 12.8. The third kappa shape index (κ3) is 2.27. The summed E-state index contributed by atoms with van der Waals surface area (Å²) in [6.45, 7) is 1.17. The molecule has 2 aromatic rings. The van der Waals surface area contributed by atoms with Crippen molar-refractivity contribution in [3.05, 3.63) is 47.5 Å². The minimum absolute atomic E-state index is 0.382. The minimum Gasteiger partial charge on any atom is -0.486 e. The molecule has 0 radical (unpaired) electrons.